The van der Waals surface area contributed by atoms with Gasteiger partial charge in [-0.3, -0.25) is 9.59 Å². The van der Waals surface area contributed by atoms with Crippen LogP contribution in [0.1, 0.15) is 37.0 Å². The highest BCUT2D eigenvalue weighted by Gasteiger charge is 2.28. The second-order valence-electron chi connectivity index (χ2n) is 4.64. The number of ether oxygens (including phenoxy) is 1. The fraction of sp³-hybridized carbons (Fsp3) is 0.429. The number of anilines is 1. The molecule has 2 atom stereocenters. The molecule has 0 aromatic heterocycles. The Balaban J connectivity index is 1.97. The molecule has 0 spiro atoms. The summed E-state index contributed by atoms with van der Waals surface area (Å²) in [5.74, 6) is -0.101. The third-order valence-electron chi connectivity index (χ3n) is 3.08. The molecule has 18 heavy (non-hydrogen) atoms. The van der Waals surface area contributed by atoms with Gasteiger partial charge < -0.3 is 10.1 Å². The standard InChI is InChI=1S/C14H17NO3/c1-9-3-8-13(18-9)14(17)15-12-6-4-11(5-7-12)10(2)16/h4-7,9,13H,3,8H2,1-2H3,(H,15,17). The summed E-state index contributed by atoms with van der Waals surface area (Å²) in [5.41, 5.74) is 1.33. The van der Waals surface area contributed by atoms with Crippen molar-refractivity contribution in [3.63, 3.8) is 0 Å². The van der Waals surface area contributed by atoms with Gasteiger partial charge in [0, 0.05) is 11.3 Å². The Bertz CT molecular complexity index is 453. The quantitative estimate of drug-likeness (QED) is 0.834. The molecule has 4 nitrogen and oxygen atoms in total. The number of hydrogen-bond donors (Lipinski definition) is 1. The molecule has 2 unspecified atom stereocenters. The van der Waals surface area contributed by atoms with Crippen LogP contribution in [0.3, 0.4) is 0 Å². The Hall–Kier alpha value is -1.68. The van der Waals surface area contributed by atoms with Gasteiger partial charge in [-0.15, -0.1) is 0 Å². The molecule has 2 rings (SSSR count). The average Bonchev–Trinajstić information content (AvgIpc) is 2.76. The van der Waals surface area contributed by atoms with E-state index in [0.29, 0.717) is 11.3 Å². The van der Waals surface area contributed by atoms with Crippen LogP contribution in [0.2, 0.25) is 0 Å². The van der Waals surface area contributed by atoms with E-state index in [1.54, 1.807) is 24.3 Å². The minimum Gasteiger partial charge on any atom is -0.365 e. The molecule has 1 saturated heterocycles. The van der Waals surface area contributed by atoms with Gasteiger partial charge >= 0.3 is 0 Å². The Kier molecular flexibility index (Phi) is 3.77. The van der Waals surface area contributed by atoms with Gasteiger partial charge in [0.1, 0.15) is 6.10 Å². The summed E-state index contributed by atoms with van der Waals surface area (Å²) in [6, 6.07) is 6.87. The number of Topliss-reactive ketones (excluding diaryl/α,β-unsaturated/α-hetero) is 1. The lowest BCUT2D eigenvalue weighted by molar-refractivity contribution is -0.126. The average molecular weight is 247 g/mol. The molecule has 1 N–H and O–H groups in total. The molecule has 0 aliphatic carbocycles. The molecule has 1 fully saturated rings. The summed E-state index contributed by atoms with van der Waals surface area (Å²) in [4.78, 5) is 23.0. The molecule has 1 heterocycles. The van der Waals surface area contributed by atoms with Crippen molar-refractivity contribution in [1.82, 2.24) is 0 Å². The van der Waals surface area contributed by atoms with Crippen molar-refractivity contribution in [2.24, 2.45) is 0 Å². The molecule has 96 valence electrons. The van der Waals surface area contributed by atoms with Crippen molar-refractivity contribution >= 4 is 17.4 Å². The topological polar surface area (TPSA) is 55.4 Å². The predicted octanol–water partition coefficient (Wildman–Crippen LogP) is 2.40. The van der Waals surface area contributed by atoms with E-state index in [4.69, 9.17) is 4.74 Å². The van der Waals surface area contributed by atoms with Crippen LogP contribution in [0.15, 0.2) is 24.3 Å². The number of amides is 1. The molecule has 1 amide bonds. The summed E-state index contributed by atoms with van der Waals surface area (Å²) < 4.78 is 5.49. The lowest BCUT2D eigenvalue weighted by atomic mass is 10.1. The van der Waals surface area contributed by atoms with E-state index in [1.165, 1.54) is 6.92 Å². The zero-order valence-electron chi connectivity index (χ0n) is 10.6. The lowest BCUT2D eigenvalue weighted by Gasteiger charge is -2.11. The van der Waals surface area contributed by atoms with Crippen LogP contribution < -0.4 is 5.32 Å². The smallest absolute Gasteiger partial charge is 0.253 e. The molecule has 0 radical (unpaired) electrons. The first-order valence-corrected chi connectivity index (χ1v) is 6.13. The van der Waals surface area contributed by atoms with Crippen LogP contribution in [-0.2, 0) is 9.53 Å². The van der Waals surface area contributed by atoms with E-state index < -0.39 is 0 Å². The SMILES string of the molecule is CC(=O)c1ccc(NC(=O)C2CCC(C)O2)cc1. The van der Waals surface area contributed by atoms with E-state index in [2.05, 4.69) is 5.32 Å². The van der Waals surface area contributed by atoms with Crippen molar-refractivity contribution in [3.8, 4) is 0 Å². The zero-order chi connectivity index (χ0) is 13.1. The fourth-order valence-electron chi connectivity index (χ4n) is 2.01. The molecule has 0 saturated carbocycles. The van der Waals surface area contributed by atoms with E-state index in [1.807, 2.05) is 6.92 Å². The van der Waals surface area contributed by atoms with Crippen molar-refractivity contribution < 1.29 is 14.3 Å². The van der Waals surface area contributed by atoms with Crippen LogP contribution in [0.4, 0.5) is 5.69 Å². The largest absolute Gasteiger partial charge is 0.365 e. The van der Waals surface area contributed by atoms with Crippen LogP contribution in [0.5, 0.6) is 0 Å². The third-order valence-corrected chi connectivity index (χ3v) is 3.08. The van der Waals surface area contributed by atoms with Gasteiger partial charge in [-0.25, -0.2) is 0 Å². The molecular formula is C14H17NO3. The highest BCUT2D eigenvalue weighted by molar-refractivity contribution is 5.96. The first-order valence-electron chi connectivity index (χ1n) is 6.13. The maximum atomic E-state index is 11.9. The Morgan fingerprint density at radius 2 is 1.89 bits per heavy atom. The summed E-state index contributed by atoms with van der Waals surface area (Å²) in [7, 11) is 0. The van der Waals surface area contributed by atoms with Gasteiger partial charge in [-0.05, 0) is 51.0 Å². The van der Waals surface area contributed by atoms with Crippen LogP contribution in [-0.4, -0.2) is 23.9 Å². The molecule has 1 aliphatic rings. The summed E-state index contributed by atoms with van der Waals surface area (Å²) in [6.07, 6.45) is 1.48. The first-order chi connectivity index (χ1) is 8.56. The van der Waals surface area contributed by atoms with Crippen molar-refractivity contribution in [2.45, 2.75) is 38.9 Å². The monoisotopic (exact) mass is 247 g/mol. The number of carbonyl (C=O) groups is 2. The molecular weight excluding hydrogens is 230 g/mol. The second kappa shape index (κ2) is 5.31. The van der Waals surface area contributed by atoms with Crippen LogP contribution in [0, 0.1) is 0 Å². The van der Waals surface area contributed by atoms with Crippen LogP contribution >= 0.6 is 0 Å². The second-order valence-corrected chi connectivity index (χ2v) is 4.64. The number of rotatable bonds is 3. The molecule has 1 aromatic carbocycles. The van der Waals surface area contributed by atoms with Gasteiger partial charge in [0.25, 0.3) is 5.91 Å². The zero-order valence-corrected chi connectivity index (χ0v) is 10.6. The lowest BCUT2D eigenvalue weighted by Crippen LogP contribution is -2.27. The first kappa shape index (κ1) is 12.8. The predicted molar refractivity (Wildman–Crippen MR) is 68.6 cm³/mol. The number of ketones is 1. The van der Waals surface area contributed by atoms with E-state index in [-0.39, 0.29) is 23.9 Å². The van der Waals surface area contributed by atoms with Crippen molar-refractivity contribution in [3.05, 3.63) is 29.8 Å². The Morgan fingerprint density at radius 1 is 1.22 bits per heavy atom. The summed E-state index contributed by atoms with van der Waals surface area (Å²) in [6.45, 7) is 3.48. The maximum absolute atomic E-state index is 11.9. The summed E-state index contributed by atoms with van der Waals surface area (Å²) in [5, 5.41) is 2.80. The van der Waals surface area contributed by atoms with E-state index >= 15 is 0 Å². The van der Waals surface area contributed by atoms with Gasteiger partial charge in [-0.1, -0.05) is 0 Å². The molecule has 1 aromatic rings. The van der Waals surface area contributed by atoms with Gasteiger partial charge in [0.15, 0.2) is 5.78 Å². The van der Waals surface area contributed by atoms with E-state index in [9.17, 15) is 9.59 Å². The maximum Gasteiger partial charge on any atom is 0.253 e. The van der Waals surface area contributed by atoms with E-state index in [0.717, 1.165) is 12.8 Å². The fourth-order valence-corrected chi connectivity index (χ4v) is 2.01. The highest BCUT2D eigenvalue weighted by atomic mass is 16.5. The van der Waals surface area contributed by atoms with Gasteiger partial charge in [0.05, 0.1) is 6.10 Å². The molecule has 0 bridgehead atoms. The Labute approximate surface area is 106 Å². The highest BCUT2D eigenvalue weighted by Crippen LogP contribution is 2.20. The minimum absolute atomic E-state index is 0.0147. The molecule has 4 heteroatoms. The third kappa shape index (κ3) is 2.96. The van der Waals surface area contributed by atoms with Gasteiger partial charge in [0.2, 0.25) is 0 Å². The summed E-state index contributed by atoms with van der Waals surface area (Å²) >= 11 is 0. The number of hydrogen-bond acceptors (Lipinski definition) is 3. The van der Waals surface area contributed by atoms with Crippen LogP contribution in [0.25, 0.3) is 0 Å². The normalized spacial score (nSPS) is 22.8. The van der Waals surface area contributed by atoms with Gasteiger partial charge in [-0.2, -0.15) is 0 Å². The number of carbonyl (C=O) groups excluding carboxylic acids is 2. The van der Waals surface area contributed by atoms with Crippen molar-refractivity contribution in [1.29, 1.82) is 0 Å². The minimum atomic E-state index is -0.354. The Morgan fingerprint density at radius 3 is 2.39 bits per heavy atom. The number of benzene rings is 1. The number of nitrogens with one attached hydrogen (secondary N) is 1. The molecule has 1 aliphatic heterocycles. The van der Waals surface area contributed by atoms with Crippen molar-refractivity contribution in [2.75, 3.05) is 5.32 Å².